The van der Waals surface area contributed by atoms with E-state index in [0.29, 0.717) is 0 Å². The standard InChI is InChI=1S/C4H5N3OS/c1-7-2-3(4(8)9)5-6-7/h2H,1H3,(H,8,9). The van der Waals surface area contributed by atoms with Gasteiger partial charge in [0.25, 0.3) is 0 Å². The van der Waals surface area contributed by atoms with E-state index in [4.69, 9.17) is 0 Å². The molecule has 0 aliphatic rings. The van der Waals surface area contributed by atoms with Crippen molar-refractivity contribution in [2.45, 2.75) is 0 Å². The minimum Gasteiger partial charge on any atom is -0.280 e. The number of nitrogens with zero attached hydrogens (tertiary/aromatic N) is 3. The van der Waals surface area contributed by atoms with Gasteiger partial charge in [-0.2, -0.15) is 0 Å². The van der Waals surface area contributed by atoms with Gasteiger partial charge in [-0.25, -0.2) is 0 Å². The summed E-state index contributed by atoms with van der Waals surface area (Å²) in [5.74, 6) is 0. The molecule has 0 fully saturated rings. The number of hydrogen-bond donors (Lipinski definition) is 1. The molecule has 4 nitrogen and oxygen atoms in total. The fourth-order valence-electron chi connectivity index (χ4n) is 0.445. The third-order valence-corrected chi connectivity index (χ3v) is 1.05. The third kappa shape index (κ3) is 1.29. The lowest BCUT2D eigenvalue weighted by molar-refractivity contribution is 0.108. The fraction of sp³-hybridized carbons (Fsp3) is 0.250. The van der Waals surface area contributed by atoms with Crippen LogP contribution >= 0.6 is 12.6 Å². The molecule has 0 spiro atoms. The molecule has 9 heavy (non-hydrogen) atoms. The average molecular weight is 143 g/mol. The molecule has 0 aliphatic heterocycles. The van der Waals surface area contributed by atoms with Crippen LogP contribution in [0.1, 0.15) is 10.5 Å². The van der Waals surface area contributed by atoms with Gasteiger partial charge in [0.2, 0.25) is 5.12 Å². The number of aryl methyl sites for hydroxylation is 1. The maximum Gasteiger partial charge on any atom is 0.238 e. The van der Waals surface area contributed by atoms with E-state index >= 15 is 0 Å². The van der Waals surface area contributed by atoms with Crippen LogP contribution < -0.4 is 0 Å². The summed E-state index contributed by atoms with van der Waals surface area (Å²) >= 11 is 3.55. The van der Waals surface area contributed by atoms with E-state index in [1.165, 1.54) is 10.9 Å². The summed E-state index contributed by atoms with van der Waals surface area (Å²) in [5, 5.41) is 6.68. The normalized spacial score (nSPS) is 9.56. The SMILES string of the molecule is Cn1cc(C(=O)S)nn1. The molecule has 1 rings (SSSR count). The molecule has 1 heterocycles. The van der Waals surface area contributed by atoms with Crippen LogP contribution in [0.15, 0.2) is 6.20 Å². The number of carbonyl (C=O) groups is 1. The minimum absolute atomic E-state index is 0.279. The van der Waals surface area contributed by atoms with E-state index in [1.54, 1.807) is 7.05 Å². The minimum atomic E-state index is -0.358. The summed E-state index contributed by atoms with van der Waals surface area (Å²) in [4.78, 5) is 10.4. The molecule has 0 atom stereocenters. The smallest absolute Gasteiger partial charge is 0.238 e. The molecule has 0 saturated heterocycles. The van der Waals surface area contributed by atoms with Crippen LogP contribution in [0.25, 0.3) is 0 Å². The van der Waals surface area contributed by atoms with Crippen LogP contribution in [0.3, 0.4) is 0 Å². The molecule has 0 bridgehead atoms. The lowest BCUT2D eigenvalue weighted by Crippen LogP contribution is -1.86. The third-order valence-electron chi connectivity index (χ3n) is 0.822. The Morgan fingerprint density at radius 3 is 2.78 bits per heavy atom. The van der Waals surface area contributed by atoms with Gasteiger partial charge < -0.3 is 0 Å². The van der Waals surface area contributed by atoms with E-state index in [-0.39, 0.29) is 10.8 Å². The maximum absolute atomic E-state index is 10.4. The van der Waals surface area contributed by atoms with E-state index < -0.39 is 0 Å². The van der Waals surface area contributed by atoms with Crippen molar-refractivity contribution in [2.24, 2.45) is 7.05 Å². The Hall–Kier alpha value is -0.840. The number of thiol groups is 1. The summed E-state index contributed by atoms with van der Waals surface area (Å²) in [6.07, 6.45) is 1.51. The van der Waals surface area contributed by atoms with Crippen molar-refractivity contribution in [3.63, 3.8) is 0 Å². The van der Waals surface area contributed by atoms with Gasteiger partial charge in [-0.05, 0) is 0 Å². The Kier molecular flexibility index (Phi) is 1.52. The van der Waals surface area contributed by atoms with Crippen LogP contribution in [0.2, 0.25) is 0 Å². The van der Waals surface area contributed by atoms with Crippen molar-refractivity contribution in [1.82, 2.24) is 15.0 Å². The van der Waals surface area contributed by atoms with Gasteiger partial charge in [-0.15, -0.1) is 5.10 Å². The maximum atomic E-state index is 10.4. The Labute approximate surface area is 57.3 Å². The zero-order valence-corrected chi connectivity index (χ0v) is 5.67. The Morgan fingerprint density at radius 1 is 1.89 bits per heavy atom. The number of hydrogen-bond acceptors (Lipinski definition) is 3. The van der Waals surface area contributed by atoms with Gasteiger partial charge in [-0.3, -0.25) is 9.48 Å². The zero-order chi connectivity index (χ0) is 6.85. The Bertz CT molecular complexity index is 231. The van der Waals surface area contributed by atoms with Gasteiger partial charge in [0.15, 0.2) is 5.69 Å². The van der Waals surface area contributed by atoms with Crippen LogP contribution in [-0.2, 0) is 7.05 Å². The van der Waals surface area contributed by atoms with Gasteiger partial charge in [0.05, 0.1) is 6.20 Å². The van der Waals surface area contributed by atoms with E-state index in [1.807, 2.05) is 0 Å². The second-order valence-electron chi connectivity index (χ2n) is 1.58. The molecule has 5 heteroatoms. The predicted molar refractivity (Wildman–Crippen MR) is 34.3 cm³/mol. The topological polar surface area (TPSA) is 47.8 Å². The van der Waals surface area contributed by atoms with Crippen molar-refractivity contribution >= 4 is 17.7 Å². The largest absolute Gasteiger partial charge is 0.280 e. The number of aromatic nitrogens is 3. The monoisotopic (exact) mass is 143 g/mol. The molecular formula is C4H5N3OS. The summed E-state index contributed by atoms with van der Waals surface area (Å²) in [6.45, 7) is 0. The van der Waals surface area contributed by atoms with Crippen LogP contribution in [0.4, 0.5) is 0 Å². The molecule has 1 aromatic rings. The van der Waals surface area contributed by atoms with E-state index in [0.717, 1.165) is 0 Å². The van der Waals surface area contributed by atoms with Gasteiger partial charge in [0.1, 0.15) is 0 Å². The van der Waals surface area contributed by atoms with Crippen LogP contribution in [-0.4, -0.2) is 20.1 Å². The van der Waals surface area contributed by atoms with Crippen molar-refractivity contribution in [2.75, 3.05) is 0 Å². The van der Waals surface area contributed by atoms with Crippen molar-refractivity contribution in [1.29, 1.82) is 0 Å². The molecule has 0 amide bonds. The Morgan fingerprint density at radius 2 is 2.56 bits per heavy atom. The van der Waals surface area contributed by atoms with Crippen LogP contribution in [0.5, 0.6) is 0 Å². The van der Waals surface area contributed by atoms with E-state index in [2.05, 4.69) is 22.9 Å². The van der Waals surface area contributed by atoms with Gasteiger partial charge in [-0.1, -0.05) is 17.8 Å². The van der Waals surface area contributed by atoms with E-state index in [9.17, 15) is 4.79 Å². The quantitative estimate of drug-likeness (QED) is 0.558. The van der Waals surface area contributed by atoms with Gasteiger partial charge in [0, 0.05) is 7.05 Å². The highest BCUT2D eigenvalue weighted by Gasteiger charge is 2.02. The van der Waals surface area contributed by atoms with Crippen molar-refractivity contribution in [3.8, 4) is 0 Å². The highest BCUT2D eigenvalue weighted by atomic mass is 32.1. The summed E-state index contributed by atoms with van der Waals surface area (Å²) in [6, 6.07) is 0. The lowest BCUT2D eigenvalue weighted by Gasteiger charge is -1.78. The number of carbonyl (C=O) groups excluding carboxylic acids is 1. The molecule has 0 aliphatic carbocycles. The molecule has 48 valence electrons. The molecule has 0 aromatic carbocycles. The second kappa shape index (κ2) is 2.18. The molecule has 0 radical (unpaired) electrons. The molecule has 1 aromatic heterocycles. The first-order valence-corrected chi connectivity index (χ1v) is 2.74. The van der Waals surface area contributed by atoms with Gasteiger partial charge >= 0.3 is 0 Å². The highest BCUT2D eigenvalue weighted by Crippen LogP contribution is 1.94. The molecule has 0 unspecified atom stereocenters. The summed E-state index contributed by atoms with van der Waals surface area (Å²) in [7, 11) is 1.69. The molecule has 0 N–H and O–H groups in total. The van der Waals surface area contributed by atoms with Crippen molar-refractivity contribution < 1.29 is 4.79 Å². The second-order valence-corrected chi connectivity index (χ2v) is 1.99. The first-order valence-electron chi connectivity index (χ1n) is 2.30. The lowest BCUT2D eigenvalue weighted by atomic mass is 10.5. The summed E-state index contributed by atoms with van der Waals surface area (Å²) < 4.78 is 1.45. The van der Waals surface area contributed by atoms with Crippen molar-refractivity contribution in [3.05, 3.63) is 11.9 Å². The zero-order valence-electron chi connectivity index (χ0n) is 4.77. The summed E-state index contributed by atoms with van der Waals surface area (Å²) in [5.41, 5.74) is 0.279. The first-order chi connectivity index (χ1) is 4.20. The Balaban J connectivity index is 2.98. The first kappa shape index (κ1) is 6.28. The average Bonchev–Trinajstić information content (AvgIpc) is 2.14. The number of rotatable bonds is 1. The fourth-order valence-corrected chi connectivity index (χ4v) is 0.548. The molecular weight excluding hydrogens is 138 g/mol. The molecule has 0 saturated carbocycles. The van der Waals surface area contributed by atoms with Crippen LogP contribution in [0, 0.1) is 0 Å². The predicted octanol–water partition coefficient (Wildman–Crippen LogP) is -0.115. The highest BCUT2D eigenvalue weighted by molar-refractivity contribution is 7.97.